The fraction of sp³-hybridized carbons (Fsp3) is 0. The van der Waals surface area contributed by atoms with E-state index >= 15 is 0 Å². The van der Waals surface area contributed by atoms with Crippen LogP contribution in [0.5, 0.6) is 0 Å². The van der Waals surface area contributed by atoms with E-state index in [4.69, 9.17) is 0 Å². The van der Waals surface area contributed by atoms with Crippen LogP contribution < -0.4 is 4.90 Å². The molecule has 0 saturated heterocycles. The van der Waals surface area contributed by atoms with Crippen LogP contribution in [0.1, 0.15) is 0 Å². The second-order valence-electron chi connectivity index (χ2n) is 17.3. The van der Waals surface area contributed by atoms with Crippen molar-refractivity contribution in [3.05, 3.63) is 279 Å². The van der Waals surface area contributed by atoms with Crippen molar-refractivity contribution in [2.75, 3.05) is 4.90 Å². The molecule has 0 aliphatic heterocycles. The van der Waals surface area contributed by atoms with E-state index in [0.717, 1.165) is 28.3 Å². The molecule has 11 aromatic carbocycles. The molecule has 0 aliphatic rings. The van der Waals surface area contributed by atoms with Crippen molar-refractivity contribution in [1.29, 1.82) is 0 Å². The lowest BCUT2D eigenvalue weighted by atomic mass is 9.94. The minimum absolute atomic E-state index is 1.09. The summed E-state index contributed by atoms with van der Waals surface area (Å²) in [6.07, 6.45) is 0. The summed E-state index contributed by atoms with van der Waals surface area (Å²) in [4.78, 5) is 2.35. The Morgan fingerprint density at radius 3 is 0.897 bits per heavy atom. The summed E-state index contributed by atoms with van der Waals surface area (Å²) in [5, 5.41) is 2.48. The van der Waals surface area contributed by atoms with E-state index in [1.165, 1.54) is 83.0 Å². The Hall–Kier alpha value is -8.98. The van der Waals surface area contributed by atoms with Crippen molar-refractivity contribution in [2.24, 2.45) is 0 Å². The molecule has 0 bridgehead atoms. The third-order valence-electron chi connectivity index (χ3n) is 13.2. The first-order chi connectivity index (χ1) is 33.7. The van der Waals surface area contributed by atoms with Crippen LogP contribution in [0.15, 0.2) is 279 Å². The highest BCUT2D eigenvalue weighted by molar-refractivity contribution is 6.11. The van der Waals surface area contributed by atoms with Crippen LogP contribution in [0.25, 0.3) is 94.3 Å². The monoisotopic (exact) mass is 866 g/mol. The molecule has 0 radical (unpaired) electrons. The molecule has 0 aliphatic carbocycles. The Labute approximate surface area is 397 Å². The van der Waals surface area contributed by atoms with Gasteiger partial charge in [-0.1, -0.05) is 206 Å². The van der Waals surface area contributed by atoms with Gasteiger partial charge in [-0.2, -0.15) is 0 Å². The molecule has 0 fully saturated rings. The average Bonchev–Trinajstić information content (AvgIpc) is 3.75. The van der Waals surface area contributed by atoms with E-state index < -0.39 is 0 Å². The molecule has 0 amide bonds. The number of benzene rings is 11. The quantitative estimate of drug-likeness (QED) is 0.133. The third kappa shape index (κ3) is 7.74. The molecular weight excluding hydrogens is 821 g/mol. The van der Waals surface area contributed by atoms with Crippen molar-refractivity contribution in [2.45, 2.75) is 0 Å². The predicted molar refractivity (Wildman–Crippen MR) is 288 cm³/mol. The summed E-state index contributed by atoms with van der Waals surface area (Å²) in [6.45, 7) is 0. The van der Waals surface area contributed by atoms with E-state index in [0.29, 0.717) is 0 Å². The highest BCUT2D eigenvalue weighted by Gasteiger charge is 2.17. The molecule has 2 nitrogen and oxygen atoms in total. The topological polar surface area (TPSA) is 8.17 Å². The fourth-order valence-electron chi connectivity index (χ4n) is 9.80. The summed E-state index contributed by atoms with van der Waals surface area (Å²) in [7, 11) is 0. The van der Waals surface area contributed by atoms with Gasteiger partial charge in [-0.15, -0.1) is 0 Å². The molecule has 0 atom stereocenters. The van der Waals surface area contributed by atoms with Gasteiger partial charge in [-0.3, -0.25) is 0 Å². The number of hydrogen-bond donors (Lipinski definition) is 0. The molecular formula is C66H46N2. The smallest absolute Gasteiger partial charge is 0.0541 e. The van der Waals surface area contributed by atoms with Gasteiger partial charge in [0.1, 0.15) is 0 Å². The lowest BCUT2D eigenvalue weighted by molar-refractivity contribution is 1.18. The number of hydrogen-bond acceptors (Lipinski definition) is 1. The van der Waals surface area contributed by atoms with Crippen molar-refractivity contribution < 1.29 is 0 Å². The fourth-order valence-corrected chi connectivity index (χ4v) is 9.80. The minimum atomic E-state index is 1.09. The largest absolute Gasteiger partial charge is 0.311 e. The highest BCUT2D eigenvalue weighted by atomic mass is 15.1. The lowest BCUT2D eigenvalue weighted by Gasteiger charge is -2.26. The molecule has 320 valence electrons. The highest BCUT2D eigenvalue weighted by Crippen LogP contribution is 2.41. The maximum Gasteiger partial charge on any atom is 0.0541 e. The molecule has 1 aromatic heterocycles. The zero-order chi connectivity index (χ0) is 45.2. The number of rotatable bonds is 10. The predicted octanol–water partition coefficient (Wildman–Crippen LogP) is 18.3. The van der Waals surface area contributed by atoms with E-state index in [1.54, 1.807) is 0 Å². The van der Waals surface area contributed by atoms with Crippen LogP contribution in [-0.4, -0.2) is 4.57 Å². The van der Waals surface area contributed by atoms with Crippen molar-refractivity contribution >= 4 is 38.9 Å². The van der Waals surface area contributed by atoms with Gasteiger partial charge < -0.3 is 9.47 Å². The maximum absolute atomic E-state index is 2.41. The van der Waals surface area contributed by atoms with E-state index in [9.17, 15) is 0 Å². The standard InChI is InChI=1S/C66H46N2/c1-5-15-47(16-6-1)50-25-35-57(36-26-50)67(59-41-31-54(32-42-59)62-24-14-13-23-61(62)53-21-11-4-12-22-53)58-37-27-51(28-38-58)52-29-39-60(40-30-52)68-65-43-33-55(48-17-7-2-8-18-48)45-63(65)64-46-56(34-44-66(64)68)49-19-9-3-10-20-49/h1-46H. The van der Waals surface area contributed by atoms with Gasteiger partial charge >= 0.3 is 0 Å². The summed E-state index contributed by atoms with van der Waals surface area (Å²) in [5.74, 6) is 0. The van der Waals surface area contributed by atoms with E-state index in [1.807, 2.05) is 0 Å². The van der Waals surface area contributed by atoms with Crippen molar-refractivity contribution in [3.63, 3.8) is 0 Å². The minimum Gasteiger partial charge on any atom is -0.311 e. The van der Waals surface area contributed by atoms with Gasteiger partial charge in [0, 0.05) is 33.5 Å². The molecule has 12 aromatic rings. The normalized spacial score (nSPS) is 11.2. The first-order valence-corrected chi connectivity index (χ1v) is 23.3. The van der Waals surface area contributed by atoms with Crippen molar-refractivity contribution in [1.82, 2.24) is 4.57 Å². The molecule has 0 spiro atoms. The Kier molecular flexibility index (Phi) is 10.6. The third-order valence-corrected chi connectivity index (χ3v) is 13.2. The molecule has 0 unspecified atom stereocenters. The SMILES string of the molecule is c1ccc(-c2ccc(N(c3ccc(-c4ccc(-n5c6ccc(-c7ccccc7)cc6c6cc(-c7ccccc7)ccc65)cc4)cc3)c3ccc(-c4ccccc4-c4ccccc4)cc3)cc2)cc1. The molecule has 12 rings (SSSR count). The Bertz CT molecular complexity index is 3560. The van der Waals surface area contributed by atoms with E-state index in [-0.39, 0.29) is 0 Å². The zero-order valence-electron chi connectivity index (χ0n) is 37.5. The second-order valence-corrected chi connectivity index (χ2v) is 17.3. The van der Waals surface area contributed by atoms with Gasteiger partial charge in [-0.25, -0.2) is 0 Å². The van der Waals surface area contributed by atoms with Crippen LogP contribution in [-0.2, 0) is 0 Å². The molecule has 2 heteroatoms. The van der Waals surface area contributed by atoms with Gasteiger partial charge in [0.2, 0.25) is 0 Å². The Morgan fingerprint density at radius 2 is 0.500 bits per heavy atom. The van der Waals surface area contributed by atoms with Crippen LogP contribution in [0.2, 0.25) is 0 Å². The van der Waals surface area contributed by atoms with Crippen molar-refractivity contribution in [3.8, 4) is 72.4 Å². The van der Waals surface area contributed by atoms with Gasteiger partial charge in [0.15, 0.2) is 0 Å². The Balaban J connectivity index is 0.889. The first-order valence-electron chi connectivity index (χ1n) is 23.3. The van der Waals surface area contributed by atoms with Crippen LogP contribution >= 0.6 is 0 Å². The summed E-state index contributed by atoms with van der Waals surface area (Å²) in [5.41, 5.74) is 21.2. The maximum atomic E-state index is 2.41. The lowest BCUT2D eigenvalue weighted by Crippen LogP contribution is -2.09. The average molecular weight is 867 g/mol. The first kappa shape index (κ1) is 40.5. The van der Waals surface area contributed by atoms with Gasteiger partial charge in [0.05, 0.1) is 11.0 Å². The van der Waals surface area contributed by atoms with Crippen LogP contribution in [0.3, 0.4) is 0 Å². The van der Waals surface area contributed by atoms with Crippen LogP contribution in [0, 0.1) is 0 Å². The number of aromatic nitrogens is 1. The molecule has 1 heterocycles. The Morgan fingerprint density at radius 1 is 0.221 bits per heavy atom. The summed E-state index contributed by atoms with van der Waals surface area (Å²) < 4.78 is 2.41. The molecule has 0 N–H and O–H groups in total. The zero-order valence-corrected chi connectivity index (χ0v) is 37.5. The number of anilines is 3. The number of fused-ring (bicyclic) bond motifs is 3. The second kappa shape index (κ2) is 17.8. The molecule has 68 heavy (non-hydrogen) atoms. The van der Waals surface area contributed by atoms with E-state index in [2.05, 4.69) is 289 Å². The van der Waals surface area contributed by atoms with Gasteiger partial charge in [-0.05, 0) is 140 Å². The summed E-state index contributed by atoms with van der Waals surface area (Å²) in [6, 6.07) is 101. The molecule has 0 saturated carbocycles. The summed E-state index contributed by atoms with van der Waals surface area (Å²) >= 11 is 0. The van der Waals surface area contributed by atoms with Crippen LogP contribution in [0.4, 0.5) is 17.1 Å². The number of nitrogens with zero attached hydrogens (tertiary/aromatic N) is 2. The van der Waals surface area contributed by atoms with Gasteiger partial charge in [0.25, 0.3) is 0 Å².